The van der Waals surface area contributed by atoms with E-state index in [2.05, 4.69) is 30.9 Å². The van der Waals surface area contributed by atoms with Gasteiger partial charge in [0.15, 0.2) is 5.96 Å². The van der Waals surface area contributed by atoms with Gasteiger partial charge >= 0.3 is 5.97 Å². The molecule has 1 aromatic rings. The number of hydrogen-bond acceptors (Lipinski definition) is 7. The Labute approximate surface area is 191 Å². The molecule has 0 aliphatic heterocycles. The molecule has 0 aliphatic carbocycles. The van der Waals surface area contributed by atoms with E-state index in [1.54, 1.807) is 13.8 Å². The van der Waals surface area contributed by atoms with Crippen molar-refractivity contribution in [1.29, 1.82) is 0 Å². The molecule has 3 amide bonds. The number of nitrogens with one attached hydrogen (secondary N) is 4. The third kappa shape index (κ3) is 9.99. The van der Waals surface area contributed by atoms with Crippen LogP contribution in [0.2, 0.25) is 0 Å². The molecule has 33 heavy (non-hydrogen) atoms. The number of amides is 3. The fourth-order valence-electron chi connectivity index (χ4n) is 2.89. The van der Waals surface area contributed by atoms with E-state index in [-0.39, 0.29) is 37.8 Å². The molecule has 0 aliphatic rings. The molecule has 1 aromatic heterocycles. The summed E-state index contributed by atoms with van der Waals surface area (Å²) in [7, 11) is 0. The fraction of sp³-hybridized carbons (Fsp3) is 0.579. The number of carboxylic acids is 1. The Morgan fingerprint density at radius 2 is 1.82 bits per heavy atom. The summed E-state index contributed by atoms with van der Waals surface area (Å²) in [6.07, 6.45) is 3.41. The number of imidazole rings is 1. The van der Waals surface area contributed by atoms with Gasteiger partial charge in [-0.3, -0.25) is 19.4 Å². The minimum absolute atomic E-state index is 0.0141. The minimum Gasteiger partial charge on any atom is -0.480 e. The van der Waals surface area contributed by atoms with E-state index in [4.69, 9.17) is 17.2 Å². The molecule has 0 saturated heterocycles. The van der Waals surface area contributed by atoms with Crippen LogP contribution in [0.4, 0.5) is 0 Å². The van der Waals surface area contributed by atoms with Crippen LogP contribution < -0.4 is 33.2 Å². The summed E-state index contributed by atoms with van der Waals surface area (Å²) in [6, 6.07) is -3.26. The molecular formula is C19H33N9O5. The number of carbonyl (C=O) groups excluding carboxylic acids is 3. The Hall–Kier alpha value is -3.68. The molecule has 0 saturated carbocycles. The molecule has 0 bridgehead atoms. The first-order valence-corrected chi connectivity index (χ1v) is 10.4. The maximum Gasteiger partial charge on any atom is 0.326 e. The highest BCUT2D eigenvalue weighted by molar-refractivity contribution is 5.93. The summed E-state index contributed by atoms with van der Waals surface area (Å²) in [5.41, 5.74) is 16.4. The Morgan fingerprint density at radius 1 is 1.12 bits per heavy atom. The smallest absolute Gasteiger partial charge is 0.326 e. The molecular weight excluding hydrogens is 434 g/mol. The summed E-state index contributed by atoms with van der Waals surface area (Å²) in [4.78, 5) is 59.5. The molecule has 0 spiro atoms. The van der Waals surface area contributed by atoms with Crippen LogP contribution in [0.15, 0.2) is 17.5 Å². The van der Waals surface area contributed by atoms with Gasteiger partial charge < -0.3 is 43.2 Å². The number of nitrogens with two attached hydrogens (primary N) is 3. The number of hydrogen-bond donors (Lipinski definition) is 8. The Kier molecular flexibility index (Phi) is 11.3. The Bertz CT molecular complexity index is 822. The maximum atomic E-state index is 12.9. The van der Waals surface area contributed by atoms with E-state index < -0.39 is 41.8 Å². The lowest BCUT2D eigenvalue weighted by molar-refractivity contribution is -0.142. The van der Waals surface area contributed by atoms with Crippen LogP contribution in [0, 0.1) is 5.92 Å². The maximum absolute atomic E-state index is 12.9. The van der Waals surface area contributed by atoms with Gasteiger partial charge in [0.25, 0.3) is 0 Å². The predicted molar refractivity (Wildman–Crippen MR) is 120 cm³/mol. The van der Waals surface area contributed by atoms with Gasteiger partial charge in [0.1, 0.15) is 18.1 Å². The number of aliphatic carboxylic acids is 1. The molecule has 3 atom stereocenters. The van der Waals surface area contributed by atoms with Crippen LogP contribution in [-0.2, 0) is 25.6 Å². The second-order valence-electron chi connectivity index (χ2n) is 7.68. The zero-order chi connectivity index (χ0) is 25.0. The highest BCUT2D eigenvalue weighted by atomic mass is 16.4. The van der Waals surface area contributed by atoms with Crippen LogP contribution in [0.1, 0.15) is 32.4 Å². The van der Waals surface area contributed by atoms with E-state index in [0.29, 0.717) is 12.1 Å². The van der Waals surface area contributed by atoms with Crippen molar-refractivity contribution in [2.75, 3.05) is 13.1 Å². The SMILES string of the molecule is CC(C)C(NC(=O)C(CCCN=C(N)N)NC(=O)CN)C(=O)NC(Cc1cnc[nH]1)C(=O)O. The van der Waals surface area contributed by atoms with Gasteiger partial charge in [0, 0.05) is 24.9 Å². The quantitative estimate of drug-likeness (QED) is 0.0796. The van der Waals surface area contributed by atoms with Crippen molar-refractivity contribution in [1.82, 2.24) is 25.9 Å². The molecule has 1 heterocycles. The van der Waals surface area contributed by atoms with Crippen molar-refractivity contribution >= 4 is 29.7 Å². The first kappa shape index (κ1) is 27.4. The number of rotatable bonds is 14. The monoisotopic (exact) mass is 467 g/mol. The molecule has 14 heteroatoms. The van der Waals surface area contributed by atoms with Crippen molar-refractivity contribution < 1.29 is 24.3 Å². The van der Waals surface area contributed by atoms with Gasteiger partial charge in [-0.25, -0.2) is 9.78 Å². The van der Waals surface area contributed by atoms with E-state index in [9.17, 15) is 24.3 Å². The normalized spacial score (nSPS) is 13.5. The van der Waals surface area contributed by atoms with Crippen LogP contribution in [0.25, 0.3) is 0 Å². The minimum atomic E-state index is -1.24. The van der Waals surface area contributed by atoms with E-state index in [0.717, 1.165) is 0 Å². The number of carboxylic acid groups (broad SMARTS) is 1. The van der Waals surface area contributed by atoms with Crippen molar-refractivity contribution in [2.24, 2.45) is 28.1 Å². The van der Waals surface area contributed by atoms with E-state index >= 15 is 0 Å². The third-order valence-electron chi connectivity index (χ3n) is 4.62. The largest absolute Gasteiger partial charge is 0.480 e. The average molecular weight is 468 g/mol. The van der Waals surface area contributed by atoms with Gasteiger partial charge in [0.05, 0.1) is 12.9 Å². The number of H-pyrrole nitrogens is 1. The summed E-state index contributed by atoms with van der Waals surface area (Å²) in [5, 5.41) is 17.0. The standard InChI is InChI=1S/C19H33N9O5/c1-10(2)15(17(31)27-13(18(32)33)6-11-8-23-9-25-11)28-16(30)12(26-14(29)7-20)4-3-5-24-19(21)22/h8-10,12-13,15H,3-7,20H2,1-2H3,(H,23,25)(H,26,29)(H,27,31)(H,28,30)(H,32,33)(H4,21,22,24). The summed E-state index contributed by atoms with van der Waals surface area (Å²) >= 11 is 0. The lowest BCUT2D eigenvalue weighted by atomic mass is 10.0. The molecule has 14 nitrogen and oxygen atoms in total. The fourth-order valence-corrected chi connectivity index (χ4v) is 2.89. The Morgan fingerprint density at radius 3 is 2.33 bits per heavy atom. The molecule has 0 radical (unpaired) electrons. The third-order valence-corrected chi connectivity index (χ3v) is 4.62. The highest BCUT2D eigenvalue weighted by Gasteiger charge is 2.31. The van der Waals surface area contributed by atoms with Gasteiger partial charge in [-0.05, 0) is 18.8 Å². The zero-order valence-electron chi connectivity index (χ0n) is 18.7. The predicted octanol–water partition coefficient (Wildman–Crippen LogP) is -2.84. The lowest BCUT2D eigenvalue weighted by Crippen LogP contribution is -2.58. The molecule has 184 valence electrons. The highest BCUT2D eigenvalue weighted by Crippen LogP contribution is 2.07. The number of nitrogens with zero attached hydrogens (tertiary/aromatic N) is 2. The lowest BCUT2D eigenvalue weighted by Gasteiger charge is -2.26. The van der Waals surface area contributed by atoms with Gasteiger partial charge in [0.2, 0.25) is 17.7 Å². The number of aliphatic imine (C=N–C) groups is 1. The zero-order valence-corrected chi connectivity index (χ0v) is 18.7. The topological polar surface area (TPSA) is 244 Å². The van der Waals surface area contributed by atoms with Gasteiger partial charge in [-0.2, -0.15) is 0 Å². The first-order chi connectivity index (χ1) is 15.5. The van der Waals surface area contributed by atoms with Crippen LogP contribution in [-0.4, -0.2) is 75.9 Å². The van der Waals surface area contributed by atoms with Gasteiger partial charge in [-0.15, -0.1) is 0 Å². The van der Waals surface area contributed by atoms with Crippen LogP contribution >= 0.6 is 0 Å². The molecule has 11 N–H and O–H groups in total. The van der Waals surface area contributed by atoms with Crippen LogP contribution in [0.3, 0.4) is 0 Å². The van der Waals surface area contributed by atoms with E-state index in [1.165, 1.54) is 12.5 Å². The molecule has 0 aromatic carbocycles. The molecule has 1 rings (SSSR count). The summed E-state index contributed by atoms with van der Waals surface area (Å²) in [6.45, 7) is 3.31. The Balaban J connectivity index is 2.87. The number of guanidine groups is 1. The molecule has 0 fully saturated rings. The van der Waals surface area contributed by atoms with Crippen LogP contribution in [0.5, 0.6) is 0 Å². The second kappa shape index (κ2) is 13.7. The first-order valence-electron chi connectivity index (χ1n) is 10.4. The molecule has 3 unspecified atom stereocenters. The number of carbonyl (C=O) groups is 4. The van der Waals surface area contributed by atoms with Crippen molar-refractivity contribution in [2.45, 2.75) is 51.2 Å². The van der Waals surface area contributed by atoms with Crippen molar-refractivity contribution in [3.8, 4) is 0 Å². The average Bonchev–Trinajstić information content (AvgIpc) is 3.25. The van der Waals surface area contributed by atoms with E-state index in [1.807, 2.05) is 0 Å². The summed E-state index contributed by atoms with van der Waals surface area (Å²) in [5.74, 6) is -3.54. The van der Waals surface area contributed by atoms with Crippen molar-refractivity contribution in [3.05, 3.63) is 18.2 Å². The number of aromatic nitrogens is 2. The number of aromatic amines is 1. The van der Waals surface area contributed by atoms with Gasteiger partial charge in [-0.1, -0.05) is 13.8 Å². The second-order valence-corrected chi connectivity index (χ2v) is 7.68. The van der Waals surface area contributed by atoms with Crippen molar-refractivity contribution in [3.63, 3.8) is 0 Å². The summed E-state index contributed by atoms with van der Waals surface area (Å²) < 4.78 is 0.